The number of hydrogen-bond donors (Lipinski definition) is 1. The average molecular weight is 189 g/mol. The van der Waals surface area contributed by atoms with E-state index in [2.05, 4.69) is 13.0 Å². The number of hydrogen-bond acceptors (Lipinski definition) is 1. The molecular weight excluding hydrogens is 172 g/mol. The second-order valence-corrected chi connectivity index (χ2v) is 5.00. The molecule has 0 fully saturated rings. The molecule has 0 saturated heterocycles. The Hall–Kier alpha value is -0.0100. The lowest BCUT2D eigenvalue weighted by atomic mass is 9.79. The van der Waals surface area contributed by atoms with Crippen molar-refractivity contribution in [2.24, 2.45) is 0 Å². The van der Waals surface area contributed by atoms with E-state index in [1.165, 1.54) is 5.57 Å². The lowest BCUT2D eigenvalue weighted by Gasteiger charge is -2.40. The molecule has 1 N–H and O–H groups in total. The molecule has 2 heteroatoms. The molecule has 0 aromatic heterocycles. The zero-order valence-corrected chi connectivity index (χ0v) is 8.78. The van der Waals surface area contributed by atoms with Crippen molar-refractivity contribution in [3.05, 3.63) is 11.6 Å². The van der Waals surface area contributed by atoms with Crippen molar-refractivity contribution in [2.75, 3.05) is 0 Å². The van der Waals surface area contributed by atoms with Crippen molar-refractivity contribution in [1.29, 1.82) is 0 Å². The Morgan fingerprint density at radius 1 is 1.58 bits per heavy atom. The molecule has 0 bridgehead atoms. The van der Waals surface area contributed by atoms with E-state index < -0.39 is 10.5 Å². The van der Waals surface area contributed by atoms with Gasteiger partial charge in [0.25, 0.3) is 0 Å². The molecule has 0 amide bonds. The van der Waals surface area contributed by atoms with Crippen LogP contribution in [0, 0.1) is 0 Å². The van der Waals surface area contributed by atoms with Gasteiger partial charge in [-0.25, -0.2) is 0 Å². The molecule has 0 aliphatic heterocycles. The van der Waals surface area contributed by atoms with Crippen LogP contribution >= 0.6 is 11.6 Å². The Morgan fingerprint density at radius 3 is 2.50 bits per heavy atom. The van der Waals surface area contributed by atoms with Gasteiger partial charge in [-0.2, -0.15) is 0 Å². The molecule has 0 spiro atoms. The molecule has 12 heavy (non-hydrogen) atoms. The van der Waals surface area contributed by atoms with Gasteiger partial charge < -0.3 is 5.11 Å². The SMILES string of the molecule is CC1=CCC(Cl)(C(C)(C)O)CC1. The highest BCUT2D eigenvalue weighted by atomic mass is 35.5. The van der Waals surface area contributed by atoms with Crippen LogP contribution in [0.15, 0.2) is 11.6 Å². The fourth-order valence-corrected chi connectivity index (χ4v) is 1.66. The van der Waals surface area contributed by atoms with E-state index in [1.807, 2.05) is 0 Å². The lowest BCUT2D eigenvalue weighted by molar-refractivity contribution is 0.0282. The van der Waals surface area contributed by atoms with E-state index in [9.17, 15) is 5.11 Å². The quantitative estimate of drug-likeness (QED) is 0.496. The number of alkyl halides is 1. The summed E-state index contributed by atoms with van der Waals surface area (Å²) >= 11 is 6.32. The average Bonchev–Trinajstić information content (AvgIpc) is 1.93. The molecule has 70 valence electrons. The van der Waals surface area contributed by atoms with Gasteiger partial charge in [0.2, 0.25) is 0 Å². The summed E-state index contributed by atoms with van der Waals surface area (Å²) in [5.41, 5.74) is 0.599. The van der Waals surface area contributed by atoms with Crippen molar-refractivity contribution in [3.8, 4) is 0 Å². The van der Waals surface area contributed by atoms with Gasteiger partial charge in [0.05, 0.1) is 10.5 Å². The van der Waals surface area contributed by atoms with E-state index in [4.69, 9.17) is 11.6 Å². The van der Waals surface area contributed by atoms with E-state index in [0.717, 1.165) is 19.3 Å². The highest BCUT2D eigenvalue weighted by Gasteiger charge is 2.42. The van der Waals surface area contributed by atoms with Gasteiger partial charge in [-0.1, -0.05) is 11.6 Å². The van der Waals surface area contributed by atoms with E-state index >= 15 is 0 Å². The summed E-state index contributed by atoms with van der Waals surface area (Å²) in [5, 5.41) is 9.83. The number of rotatable bonds is 1. The Balaban J connectivity index is 2.77. The molecule has 1 rings (SSSR count). The van der Waals surface area contributed by atoms with Crippen LogP contribution in [0.3, 0.4) is 0 Å². The fraction of sp³-hybridized carbons (Fsp3) is 0.800. The van der Waals surface area contributed by atoms with E-state index in [-0.39, 0.29) is 0 Å². The highest BCUT2D eigenvalue weighted by molar-refractivity contribution is 6.25. The molecular formula is C10H17ClO. The third-order valence-electron chi connectivity index (χ3n) is 2.79. The van der Waals surface area contributed by atoms with Gasteiger partial charge in [-0.3, -0.25) is 0 Å². The van der Waals surface area contributed by atoms with Crippen molar-refractivity contribution < 1.29 is 5.11 Å². The number of aliphatic hydroxyl groups is 1. The third-order valence-corrected chi connectivity index (χ3v) is 3.59. The van der Waals surface area contributed by atoms with Crippen LogP contribution in [0.25, 0.3) is 0 Å². The fourth-order valence-electron chi connectivity index (χ4n) is 1.49. The molecule has 1 aliphatic carbocycles. The van der Waals surface area contributed by atoms with Gasteiger partial charge >= 0.3 is 0 Å². The first-order valence-electron chi connectivity index (χ1n) is 4.42. The summed E-state index contributed by atoms with van der Waals surface area (Å²) in [5.74, 6) is 0. The molecule has 1 unspecified atom stereocenters. The molecule has 0 saturated carbocycles. The minimum Gasteiger partial charge on any atom is -0.389 e. The van der Waals surface area contributed by atoms with Gasteiger partial charge in [-0.05, 0) is 40.0 Å². The van der Waals surface area contributed by atoms with Crippen LogP contribution in [-0.2, 0) is 0 Å². The Kier molecular flexibility index (Phi) is 2.55. The van der Waals surface area contributed by atoms with Gasteiger partial charge in [0.15, 0.2) is 0 Å². The Morgan fingerprint density at radius 2 is 2.17 bits per heavy atom. The number of halogens is 1. The largest absolute Gasteiger partial charge is 0.389 e. The minimum atomic E-state index is -0.786. The highest BCUT2D eigenvalue weighted by Crippen LogP contribution is 2.41. The van der Waals surface area contributed by atoms with Crippen molar-refractivity contribution in [1.82, 2.24) is 0 Å². The number of allylic oxidation sites excluding steroid dienone is 2. The lowest BCUT2D eigenvalue weighted by Crippen LogP contribution is -2.46. The molecule has 0 aromatic rings. The first kappa shape index (κ1) is 10.1. The summed E-state index contributed by atoms with van der Waals surface area (Å²) in [4.78, 5) is -0.452. The van der Waals surface area contributed by atoms with Crippen molar-refractivity contribution >= 4 is 11.6 Å². The zero-order chi connectivity index (χ0) is 9.41. The summed E-state index contributed by atoms with van der Waals surface area (Å²) in [6.07, 6.45) is 4.80. The molecule has 1 atom stereocenters. The first-order chi connectivity index (χ1) is 5.35. The van der Waals surface area contributed by atoms with Gasteiger partial charge in [-0.15, -0.1) is 11.6 Å². The standard InChI is InChI=1S/C10H17ClO/c1-8-4-6-10(11,7-5-8)9(2,3)12/h4,12H,5-7H2,1-3H3. The molecule has 0 radical (unpaired) electrons. The van der Waals surface area contributed by atoms with Crippen LogP contribution in [0.5, 0.6) is 0 Å². The van der Waals surface area contributed by atoms with Gasteiger partial charge in [0, 0.05) is 0 Å². The topological polar surface area (TPSA) is 20.2 Å². The van der Waals surface area contributed by atoms with E-state index in [1.54, 1.807) is 13.8 Å². The third kappa shape index (κ3) is 1.83. The molecule has 1 aliphatic rings. The maximum atomic E-state index is 9.83. The van der Waals surface area contributed by atoms with Crippen LogP contribution < -0.4 is 0 Å². The van der Waals surface area contributed by atoms with Crippen LogP contribution in [-0.4, -0.2) is 15.6 Å². The summed E-state index contributed by atoms with van der Waals surface area (Å²) in [6, 6.07) is 0. The summed E-state index contributed by atoms with van der Waals surface area (Å²) in [7, 11) is 0. The molecule has 0 heterocycles. The van der Waals surface area contributed by atoms with Crippen LogP contribution in [0.2, 0.25) is 0 Å². The Labute approximate surface area is 79.4 Å². The monoisotopic (exact) mass is 188 g/mol. The second-order valence-electron chi connectivity index (χ2n) is 4.28. The predicted molar refractivity (Wildman–Crippen MR) is 52.5 cm³/mol. The maximum absolute atomic E-state index is 9.83. The molecule has 1 nitrogen and oxygen atoms in total. The minimum absolute atomic E-state index is 0.452. The van der Waals surface area contributed by atoms with Crippen molar-refractivity contribution in [3.63, 3.8) is 0 Å². The predicted octanol–water partition coefficient (Wildman–Crippen LogP) is 2.87. The maximum Gasteiger partial charge on any atom is 0.0785 e. The summed E-state index contributed by atoms with van der Waals surface area (Å²) in [6.45, 7) is 5.68. The van der Waals surface area contributed by atoms with Crippen LogP contribution in [0.4, 0.5) is 0 Å². The van der Waals surface area contributed by atoms with E-state index in [0.29, 0.717) is 0 Å². The summed E-state index contributed by atoms with van der Waals surface area (Å²) < 4.78 is 0. The van der Waals surface area contributed by atoms with Crippen LogP contribution in [0.1, 0.15) is 40.0 Å². The second kappa shape index (κ2) is 3.04. The Bertz CT molecular complexity index is 202. The normalized spacial score (nSPS) is 31.6. The zero-order valence-electron chi connectivity index (χ0n) is 8.02. The van der Waals surface area contributed by atoms with Gasteiger partial charge in [0.1, 0.15) is 0 Å². The van der Waals surface area contributed by atoms with Crippen molar-refractivity contribution in [2.45, 2.75) is 50.5 Å². The molecule has 0 aromatic carbocycles. The smallest absolute Gasteiger partial charge is 0.0785 e. The first-order valence-corrected chi connectivity index (χ1v) is 4.80.